The third kappa shape index (κ3) is 4.09. The monoisotopic (exact) mass is 330 g/mol. The molecule has 23 heavy (non-hydrogen) atoms. The summed E-state index contributed by atoms with van der Waals surface area (Å²) in [5, 5.41) is 11.3. The predicted molar refractivity (Wildman–Crippen MR) is 88.6 cm³/mol. The Morgan fingerprint density at radius 2 is 1.78 bits per heavy atom. The molecule has 0 unspecified atom stereocenters. The van der Waals surface area contributed by atoms with E-state index in [9.17, 15) is 10.1 Å². The van der Waals surface area contributed by atoms with E-state index in [1.165, 1.54) is 17.7 Å². The van der Waals surface area contributed by atoms with Crippen molar-refractivity contribution in [1.29, 1.82) is 0 Å². The van der Waals surface area contributed by atoms with Crippen LogP contribution in [0.15, 0.2) is 54.1 Å². The fourth-order valence-electron chi connectivity index (χ4n) is 2.17. The molecule has 2 aromatic carbocycles. The number of nitrogens with one attached hydrogen (secondary N) is 1. The lowest BCUT2D eigenvalue weighted by molar-refractivity contribution is -0.384. The molecular formula is C17H15ClN2O3. The highest BCUT2D eigenvalue weighted by Crippen LogP contribution is 2.35. The topological polar surface area (TPSA) is 64.4 Å². The van der Waals surface area contributed by atoms with Crippen molar-refractivity contribution in [2.45, 2.75) is 19.4 Å². The number of benzene rings is 2. The Morgan fingerprint density at radius 3 is 2.35 bits per heavy atom. The zero-order valence-electron chi connectivity index (χ0n) is 12.3. The normalized spacial score (nSPS) is 12.8. The molecule has 0 atom stereocenters. The van der Waals surface area contributed by atoms with Crippen LogP contribution >= 0.6 is 11.6 Å². The fourth-order valence-corrected chi connectivity index (χ4v) is 2.30. The molecular weight excluding hydrogens is 316 g/mol. The first-order chi connectivity index (χ1) is 11.1. The second-order valence-electron chi connectivity index (χ2n) is 5.30. The van der Waals surface area contributed by atoms with Gasteiger partial charge in [-0.3, -0.25) is 20.4 Å². The van der Waals surface area contributed by atoms with Crippen LogP contribution in [0.2, 0.25) is 5.02 Å². The van der Waals surface area contributed by atoms with E-state index in [1.807, 2.05) is 24.3 Å². The third-order valence-corrected chi connectivity index (χ3v) is 3.80. The molecule has 0 aromatic heterocycles. The van der Waals surface area contributed by atoms with Crippen molar-refractivity contribution in [3.05, 3.63) is 80.4 Å². The van der Waals surface area contributed by atoms with Crippen LogP contribution in [0.3, 0.4) is 0 Å². The largest absolute Gasteiger partial charge is 0.271 e. The summed E-state index contributed by atoms with van der Waals surface area (Å²) in [5.41, 5.74) is 7.26. The second-order valence-corrected chi connectivity index (χ2v) is 5.74. The Kier molecular flexibility index (Phi) is 4.60. The standard InChI is InChI=1S/C17H15ClN2O3/c18-15-7-5-14(6-8-15)17(13-3-4-13)19-23-11-12-1-9-16(10-2-12)20(21)22/h1-2,5-10,19H,3-4,11H2. The van der Waals surface area contributed by atoms with Gasteiger partial charge >= 0.3 is 0 Å². The first-order valence-electron chi connectivity index (χ1n) is 7.22. The number of nitrogens with zero attached hydrogens (tertiary/aromatic N) is 1. The Balaban J connectivity index is 1.61. The predicted octanol–water partition coefficient (Wildman–Crippen LogP) is 4.47. The maximum absolute atomic E-state index is 10.6. The molecule has 1 aliphatic carbocycles. The van der Waals surface area contributed by atoms with E-state index < -0.39 is 4.92 Å². The SMILES string of the molecule is O=[N+]([O-])c1ccc(CONC(=C2CC2)c2ccc(Cl)cc2)cc1. The summed E-state index contributed by atoms with van der Waals surface area (Å²) < 4.78 is 0. The Morgan fingerprint density at radius 1 is 1.13 bits per heavy atom. The molecule has 118 valence electrons. The van der Waals surface area contributed by atoms with Crippen LogP contribution in [-0.2, 0) is 11.4 Å². The second kappa shape index (κ2) is 6.81. The van der Waals surface area contributed by atoms with E-state index in [0.29, 0.717) is 11.6 Å². The van der Waals surface area contributed by atoms with E-state index in [4.69, 9.17) is 16.4 Å². The number of nitro groups is 1. The maximum Gasteiger partial charge on any atom is 0.269 e. The molecule has 1 aliphatic rings. The summed E-state index contributed by atoms with van der Waals surface area (Å²) >= 11 is 5.92. The number of nitro benzene ring substituents is 1. The number of non-ortho nitro benzene ring substituents is 1. The van der Waals surface area contributed by atoms with Gasteiger partial charge in [0.05, 0.1) is 17.2 Å². The van der Waals surface area contributed by atoms with Gasteiger partial charge in [-0.15, -0.1) is 0 Å². The summed E-state index contributed by atoms with van der Waals surface area (Å²) in [6.07, 6.45) is 2.12. The number of rotatable bonds is 6. The molecule has 0 amide bonds. The molecule has 0 bridgehead atoms. The van der Waals surface area contributed by atoms with Crippen LogP contribution in [-0.4, -0.2) is 4.92 Å². The summed E-state index contributed by atoms with van der Waals surface area (Å²) in [4.78, 5) is 15.8. The molecule has 0 spiro atoms. The summed E-state index contributed by atoms with van der Waals surface area (Å²) in [5.74, 6) is 0. The van der Waals surface area contributed by atoms with Gasteiger partial charge in [-0.1, -0.05) is 23.7 Å². The van der Waals surface area contributed by atoms with Crippen molar-refractivity contribution in [2.24, 2.45) is 0 Å². The van der Waals surface area contributed by atoms with E-state index in [-0.39, 0.29) is 5.69 Å². The van der Waals surface area contributed by atoms with E-state index in [1.54, 1.807) is 12.1 Å². The van der Waals surface area contributed by atoms with Crippen LogP contribution in [0.4, 0.5) is 5.69 Å². The van der Waals surface area contributed by atoms with Gasteiger partial charge in [-0.25, -0.2) is 0 Å². The van der Waals surface area contributed by atoms with Crippen molar-refractivity contribution >= 4 is 23.0 Å². The van der Waals surface area contributed by atoms with Crippen LogP contribution in [0.5, 0.6) is 0 Å². The fraction of sp³-hybridized carbons (Fsp3) is 0.176. The van der Waals surface area contributed by atoms with Crippen molar-refractivity contribution in [3.63, 3.8) is 0 Å². The number of halogens is 1. The maximum atomic E-state index is 10.6. The molecule has 1 N–H and O–H groups in total. The first kappa shape index (κ1) is 15.5. The summed E-state index contributed by atoms with van der Waals surface area (Å²) in [7, 11) is 0. The van der Waals surface area contributed by atoms with Crippen LogP contribution in [0.25, 0.3) is 5.70 Å². The zero-order chi connectivity index (χ0) is 16.2. The minimum absolute atomic E-state index is 0.0728. The molecule has 2 aromatic rings. The average Bonchev–Trinajstić information content (AvgIpc) is 3.38. The lowest BCUT2D eigenvalue weighted by atomic mass is 10.1. The average molecular weight is 331 g/mol. The van der Waals surface area contributed by atoms with Crippen LogP contribution in [0, 0.1) is 10.1 Å². The Labute approximate surface area is 138 Å². The van der Waals surface area contributed by atoms with Gasteiger partial charge in [-0.2, -0.15) is 0 Å². The van der Waals surface area contributed by atoms with Crippen molar-refractivity contribution < 1.29 is 9.76 Å². The van der Waals surface area contributed by atoms with E-state index in [0.717, 1.165) is 29.7 Å². The van der Waals surface area contributed by atoms with Crippen molar-refractivity contribution in [2.75, 3.05) is 0 Å². The van der Waals surface area contributed by atoms with E-state index >= 15 is 0 Å². The number of hydrogen-bond donors (Lipinski definition) is 1. The molecule has 0 radical (unpaired) electrons. The highest BCUT2D eigenvalue weighted by atomic mass is 35.5. The summed E-state index contributed by atoms with van der Waals surface area (Å²) in [6, 6.07) is 13.9. The van der Waals surface area contributed by atoms with Gasteiger partial charge in [0.2, 0.25) is 0 Å². The summed E-state index contributed by atoms with van der Waals surface area (Å²) in [6.45, 7) is 0.322. The molecule has 1 fully saturated rings. The molecule has 5 nitrogen and oxygen atoms in total. The third-order valence-electron chi connectivity index (χ3n) is 3.55. The molecule has 6 heteroatoms. The minimum Gasteiger partial charge on any atom is -0.271 e. The molecule has 1 saturated carbocycles. The van der Waals surface area contributed by atoms with E-state index in [2.05, 4.69) is 5.48 Å². The number of allylic oxidation sites excluding steroid dienone is 1. The Hall–Kier alpha value is -2.37. The molecule has 3 rings (SSSR count). The lowest BCUT2D eigenvalue weighted by Gasteiger charge is -2.11. The van der Waals surface area contributed by atoms with Gasteiger partial charge in [0, 0.05) is 17.2 Å². The van der Waals surface area contributed by atoms with Crippen LogP contribution in [0.1, 0.15) is 24.0 Å². The quantitative estimate of drug-likeness (QED) is 0.626. The molecule has 0 heterocycles. The zero-order valence-corrected chi connectivity index (χ0v) is 13.0. The number of hydrogen-bond acceptors (Lipinski definition) is 4. The van der Waals surface area contributed by atoms with Crippen molar-refractivity contribution in [3.8, 4) is 0 Å². The Bertz CT molecular complexity index is 733. The van der Waals surface area contributed by atoms with Gasteiger partial charge in [0.15, 0.2) is 0 Å². The van der Waals surface area contributed by atoms with Gasteiger partial charge in [0.1, 0.15) is 0 Å². The number of hydroxylamine groups is 1. The highest BCUT2D eigenvalue weighted by molar-refractivity contribution is 6.30. The van der Waals surface area contributed by atoms with Gasteiger partial charge < -0.3 is 0 Å². The van der Waals surface area contributed by atoms with Crippen molar-refractivity contribution in [1.82, 2.24) is 5.48 Å². The lowest BCUT2D eigenvalue weighted by Crippen LogP contribution is -2.13. The molecule has 0 aliphatic heterocycles. The van der Waals surface area contributed by atoms with Gasteiger partial charge in [0.25, 0.3) is 5.69 Å². The highest BCUT2D eigenvalue weighted by Gasteiger charge is 2.19. The molecule has 0 saturated heterocycles. The van der Waals surface area contributed by atoms with Crippen LogP contribution < -0.4 is 5.48 Å². The van der Waals surface area contributed by atoms with Gasteiger partial charge in [-0.05, 0) is 53.8 Å². The first-order valence-corrected chi connectivity index (χ1v) is 7.60. The minimum atomic E-state index is -0.418. The smallest absolute Gasteiger partial charge is 0.269 e.